The van der Waals surface area contributed by atoms with Crippen LogP contribution in [0.5, 0.6) is 0 Å². The summed E-state index contributed by atoms with van der Waals surface area (Å²) < 4.78 is 0. The molecule has 0 spiro atoms. The van der Waals surface area contributed by atoms with E-state index in [4.69, 9.17) is 5.11 Å². The van der Waals surface area contributed by atoms with E-state index in [1.807, 2.05) is 0 Å². The summed E-state index contributed by atoms with van der Waals surface area (Å²) in [5.41, 5.74) is 0.665. The van der Waals surface area contributed by atoms with Crippen LogP contribution >= 0.6 is 0 Å². The minimum absolute atomic E-state index is 0.128. The number of carboxylic acids is 1. The van der Waals surface area contributed by atoms with Crippen molar-refractivity contribution in [3.63, 3.8) is 0 Å². The van der Waals surface area contributed by atoms with Crippen molar-refractivity contribution < 1.29 is 14.7 Å². The Hall–Kier alpha value is -2.44. The largest absolute Gasteiger partial charge is 0.477 e. The molecule has 2 heterocycles. The fourth-order valence-corrected chi connectivity index (χ4v) is 1.37. The number of carbonyl (C=O) groups is 2. The van der Waals surface area contributed by atoms with Gasteiger partial charge in [-0.05, 0) is 0 Å². The van der Waals surface area contributed by atoms with Crippen LogP contribution in [0.1, 0.15) is 17.4 Å². The number of hydrogen-bond acceptors (Lipinski definition) is 4. The number of aromatic amines is 1. The van der Waals surface area contributed by atoms with Gasteiger partial charge in [0.15, 0.2) is 11.3 Å². The normalized spacial score (nSPS) is 10.3. The second kappa shape index (κ2) is 3.61. The second-order valence-electron chi connectivity index (χ2n) is 3.11. The molecule has 0 unspecified atom stereocenters. The highest BCUT2D eigenvalue weighted by Crippen LogP contribution is 2.24. The summed E-state index contributed by atoms with van der Waals surface area (Å²) in [6, 6.07) is 0. The second-order valence-corrected chi connectivity index (χ2v) is 3.11. The van der Waals surface area contributed by atoms with Crippen LogP contribution in [0, 0.1) is 0 Å². The van der Waals surface area contributed by atoms with Crippen LogP contribution < -0.4 is 5.32 Å². The SMILES string of the molecule is CC(=O)Nc1c(C(=O)O)[nH]c2nccnc12. The topological polar surface area (TPSA) is 108 Å². The molecular weight excluding hydrogens is 212 g/mol. The number of nitrogens with one attached hydrogen (secondary N) is 2. The van der Waals surface area contributed by atoms with Crippen molar-refractivity contribution in [2.45, 2.75) is 6.92 Å². The molecule has 0 saturated carbocycles. The third kappa shape index (κ3) is 1.58. The van der Waals surface area contributed by atoms with Crippen LogP contribution in [-0.2, 0) is 4.79 Å². The Balaban J connectivity index is 2.69. The third-order valence-electron chi connectivity index (χ3n) is 1.94. The van der Waals surface area contributed by atoms with Gasteiger partial charge in [0.25, 0.3) is 0 Å². The Morgan fingerprint density at radius 3 is 2.69 bits per heavy atom. The first-order valence-corrected chi connectivity index (χ1v) is 4.43. The Morgan fingerprint density at radius 2 is 2.06 bits per heavy atom. The van der Waals surface area contributed by atoms with E-state index in [1.165, 1.54) is 19.3 Å². The molecule has 0 radical (unpaired) electrons. The van der Waals surface area contributed by atoms with Gasteiger partial charge in [0.1, 0.15) is 11.2 Å². The van der Waals surface area contributed by atoms with Crippen molar-refractivity contribution in [3.8, 4) is 0 Å². The molecule has 0 aliphatic heterocycles. The number of H-pyrrole nitrogens is 1. The zero-order chi connectivity index (χ0) is 11.7. The number of carbonyl (C=O) groups excluding carboxylic acids is 1. The van der Waals surface area contributed by atoms with Gasteiger partial charge >= 0.3 is 5.97 Å². The number of rotatable bonds is 2. The highest BCUT2D eigenvalue weighted by molar-refractivity contribution is 6.07. The molecule has 7 heteroatoms. The predicted octanol–water partition coefficient (Wildman–Crippen LogP) is 0.614. The average molecular weight is 220 g/mol. The number of nitrogens with zero attached hydrogens (tertiary/aromatic N) is 2. The van der Waals surface area contributed by atoms with E-state index >= 15 is 0 Å². The average Bonchev–Trinajstić information content (AvgIpc) is 2.57. The lowest BCUT2D eigenvalue weighted by atomic mass is 10.3. The molecule has 16 heavy (non-hydrogen) atoms. The number of aromatic nitrogens is 3. The smallest absolute Gasteiger partial charge is 0.354 e. The molecule has 0 aliphatic carbocycles. The van der Waals surface area contributed by atoms with Gasteiger partial charge < -0.3 is 15.4 Å². The molecule has 2 rings (SSSR count). The van der Waals surface area contributed by atoms with Crippen molar-refractivity contribution in [2.24, 2.45) is 0 Å². The Morgan fingerprint density at radius 1 is 1.38 bits per heavy atom. The van der Waals surface area contributed by atoms with Gasteiger partial charge in [-0.1, -0.05) is 0 Å². The summed E-state index contributed by atoms with van der Waals surface area (Å²) in [6.45, 7) is 1.29. The fraction of sp³-hybridized carbons (Fsp3) is 0.111. The van der Waals surface area contributed by atoms with Gasteiger partial charge in [-0.15, -0.1) is 0 Å². The van der Waals surface area contributed by atoms with E-state index in [-0.39, 0.29) is 17.3 Å². The van der Waals surface area contributed by atoms with Crippen LogP contribution in [0.3, 0.4) is 0 Å². The molecule has 82 valence electrons. The van der Waals surface area contributed by atoms with E-state index in [0.29, 0.717) is 11.2 Å². The number of carboxylic acid groups (broad SMARTS) is 1. The van der Waals surface area contributed by atoms with Gasteiger partial charge in [-0.25, -0.2) is 14.8 Å². The Bertz CT molecular complexity index is 575. The van der Waals surface area contributed by atoms with Gasteiger partial charge in [-0.3, -0.25) is 4.79 Å². The quantitative estimate of drug-likeness (QED) is 0.687. The summed E-state index contributed by atoms with van der Waals surface area (Å²) in [4.78, 5) is 32.4. The zero-order valence-corrected chi connectivity index (χ0v) is 8.31. The first kappa shape index (κ1) is 10.1. The zero-order valence-electron chi connectivity index (χ0n) is 8.31. The standard InChI is InChI=1S/C9H8N4O3/c1-4(14)12-5-6-8(11-3-2-10-6)13-7(5)9(15)16/h2-3H,1H3,(H,11,13)(H,12,14)(H,15,16). The lowest BCUT2D eigenvalue weighted by Crippen LogP contribution is -2.10. The number of anilines is 1. The van der Waals surface area contributed by atoms with E-state index < -0.39 is 5.97 Å². The van der Waals surface area contributed by atoms with Crippen molar-refractivity contribution >= 4 is 28.7 Å². The van der Waals surface area contributed by atoms with Crippen LogP contribution in [0.15, 0.2) is 12.4 Å². The highest BCUT2D eigenvalue weighted by Gasteiger charge is 2.19. The summed E-state index contributed by atoms with van der Waals surface area (Å²) in [5, 5.41) is 11.4. The van der Waals surface area contributed by atoms with E-state index in [9.17, 15) is 9.59 Å². The molecule has 3 N–H and O–H groups in total. The molecule has 0 saturated heterocycles. The van der Waals surface area contributed by atoms with Crippen LogP contribution in [-0.4, -0.2) is 31.9 Å². The van der Waals surface area contributed by atoms with Crippen molar-refractivity contribution in [3.05, 3.63) is 18.1 Å². The minimum atomic E-state index is -1.18. The van der Waals surface area contributed by atoms with Crippen molar-refractivity contribution in [1.82, 2.24) is 15.0 Å². The maximum absolute atomic E-state index is 11.0. The lowest BCUT2D eigenvalue weighted by molar-refractivity contribution is -0.114. The molecule has 0 fully saturated rings. The first-order chi connectivity index (χ1) is 7.59. The summed E-state index contributed by atoms with van der Waals surface area (Å²) in [5.74, 6) is -1.54. The Kier molecular flexibility index (Phi) is 2.28. The van der Waals surface area contributed by atoms with E-state index in [2.05, 4.69) is 20.3 Å². The molecule has 2 aromatic rings. The molecule has 0 aliphatic rings. The lowest BCUT2D eigenvalue weighted by Gasteiger charge is -2.00. The maximum Gasteiger partial charge on any atom is 0.354 e. The van der Waals surface area contributed by atoms with Crippen molar-refractivity contribution in [2.75, 3.05) is 5.32 Å². The number of hydrogen-bond donors (Lipinski definition) is 3. The van der Waals surface area contributed by atoms with Gasteiger partial charge in [-0.2, -0.15) is 0 Å². The van der Waals surface area contributed by atoms with Gasteiger partial charge in [0.2, 0.25) is 5.91 Å². The predicted molar refractivity (Wildman–Crippen MR) is 55.2 cm³/mol. The van der Waals surface area contributed by atoms with Crippen molar-refractivity contribution in [1.29, 1.82) is 0 Å². The van der Waals surface area contributed by atoms with Crippen LogP contribution in [0.4, 0.5) is 5.69 Å². The molecule has 0 bridgehead atoms. The first-order valence-electron chi connectivity index (χ1n) is 4.43. The molecule has 0 aromatic carbocycles. The number of fused-ring (bicyclic) bond motifs is 1. The van der Waals surface area contributed by atoms with Crippen LogP contribution in [0.2, 0.25) is 0 Å². The van der Waals surface area contributed by atoms with Gasteiger partial charge in [0.05, 0.1) is 0 Å². The third-order valence-corrected chi connectivity index (χ3v) is 1.94. The maximum atomic E-state index is 11.0. The number of amides is 1. The molecule has 0 atom stereocenters. The number of aromatic carboxylic acids is 1. The molecule has 7 nitrogen and oxygen atoms in total. The Labute approximate surface area is 89.5 Å². The summed E-state index contributed by atoms with van der Waals surface area (Å²) in [6.07, 6.45) is 2.86. The molecule has 2 aromatic heterocycles. The highest BCUT2D eigenvalue weighted by atomic mass is 16.4. The summed E-state index contributed by atoms with van der Waals surface area (Å²) >= 11 is 0. The van der Waals surface area contributed by atoms with Gasteiger partial charge in [0, 0.05) is 19.3 Å². The van der Waals surface area contributed by atoms with E-state index in [1.54, 1.807) is 0 Å². The molecule has 1 amide bonds. The molecular formula is C9H8N4O3. The fourth-order valence-electron chi connectivity index (χ4n) is 1.37. The van der Waals surface area contributed by atoms with E-state index in [0.717, 1.165) is 0 Å². The minimum Gasteiger partial charge on any atom is -0.477 e. The van der Waals surface area contributed by atoms with Crippen LogP contribution in [0.25, 0.3) is 11.2 Å². The summed E-state index contributed by atoms with van der Waals surface area (Å²) in [7, 11) is 0. The monoisotopic (exact) mass is 220 g/mol.